The molecule has 12 nitrogen and oxygen atoms in total. The predicted octanol–water partition coefficient (Wildman–Crippen LogP) is -2.38. The SMILES string of the molecule is NC(CCC(=O)NC(CS)C(=O)NCC(=O)O)C(=O)O.O=C(O)[C@@H]1CCCN1. The Morgan fingerprint density at radius 3 is 2.21 bits per heavy atom. The van der Waals surface area contributed by atoms with Crippen LogP contribution in [0.2, 0.25) is 0 Å². The van der Waals surface area contributed by atoms with E-state index in [1.807, 2.05) is 0 Å². The van der Waals surface area contributed by atoms with Crippen molar-refractivity contribution in [2.24, 2.45) is 5.73 Å². The third kappa shape index (κ3) is 11.4. The maximum absolute atomic E-state index is 11.5. The van der Waals surface area contributed by atoms with Gasteiger partial charge in [-0.1, -0.05) is 0 Å². The molecule has 1 heterocycles. The normalized spacial score (nSPS) is 17.4. The van der Waals surface area contributed by atoms with E-state index in [0.29, 0.717) is 0 Å². The van der Waals surface area contributed by atoms with Crippen molar-refractivity contribution in [1.82, 2.24) is 16.0 Å². The zero-order valence-electron chi connectivity index (χ0n) is 15.1. The van der Waals surface area contributed by atoms with Gasteiger partial charge in [0.2, 0.25) is 11.8 Å². The molecule has 13 heteroatoms. The molecule has 1 aliphatic heterocycles. The molecule has 1 saturated heterocycles. The average molecular weight is 422 g/mol. The number of amides is 2. The predicted molar refractivity (Wildman–Crippen MR) is 99.9 cm³/mol. The monoisotopic (exact) mass is 422 g/mol. The summed E-state index contributed by atoms with van der Waals surface area (Å²) in [7, 11) is 0. The van der Waals surface area contributed by atoms with Crippen molar-refractivity contribution >= 4 is 42.4 Å². The highest BCUT2D eigenvalue weighted by atomic mass is 32.1. The van der Waals surface area contributed by atoms with Crippen LogP contribution in [0, 0.1) is 0 Å². The van der Waals surface area contributed by atoms with Crippen molar-refractivity contribution in [2.45, 2.75) is 43.8 Å². The van der Waals surface area contributed by atoms with Gasteiger partial charge in [-0.3, -0.25) is 24.0 Å². The maximum atomic E-state index is 11.5. The molecule has 0 aromatic carbocycles. The molecule has 8 N–H and O–H groups in total. The van der Waals surface area contributed by atoms with E-state index in [4.69, 9.17) is 21.1 Å². The standard InChI is InChI=1S/C10H17N3O6S.C5H9NO2/c11-5(10(18)19)1-2-7(14)13-6(4-20)9(17)12-3-8(15)16;7-5(8)4-2-1-3-6-4/h5-6,20H,1-4,11H2,(H,12,17)(H,13,14)(H,15,16)(H,18,19);4,6H,1-3H2,(H,7,8)/t;4-/m.0/s1. The van der Waals surface area contributed by atoms with Crippen molar-refractivity contribution in [1.29, 1.82) is 0 Å². The van der Waals surface area contributed by atoms with Crippen molar-refractivity contribution in [3.63, 3.8) is 0 Å². The molecule has 28 heavy (non-hydrogen) atoms. The van der Waals surface area contributed by atoms with Gasteiger partial charge in [-0.2, -0.15) is 12.6 Å². The number of hydrogen-bond donors (Lipinski definition) is 8. The van der Waals surface area contributed by atoms with Gasteiger partial charge in [0, 0.05) is 12.2 Å². The smallest absolute Gasteiger partial charge is 0.322 e. The summed E-state index contributed by atoms with van der Waals surface area (Å²) in [6.45, 7) is 0.292. The summed E-state index contributed by atoms with van der Waals surface area (Å²) in [5.41, 5.74) is 5.23. The summed E-state index contributed by atoms with van der Waals surface area (Å²) in [5, 5.41) is 32.6. The van der Waals surface area contributed by atoms with Crippen molar-refractivity contribution < 1.29 is 39.3 Å². The van der Waals surface area contributed by atoms with Crippen molar-refractivity contribution in [3.8, 4) is 0 Å². The van der Waals surface area contributed by atoms with Crippen LogP contribution < -0.4 is 21.7 Å². The number of hydrogen-bond acceptors (Lipinski definition) is 8. The highest BCUT2D eigenvalue weighted by Crippen LogP contribution is 2.03. The van der Waals surface area contributed by atoms with E-state index in [1.165, 1.54) is 0 Å². The van der Waals surface area contributed by atoms with Crippen LogP contribution in [0.15, 0.2) is 0 Å². The lowest BCUT2D eigenvalue weighted by Crippen LogP contribution is -2.49. The third-order valence-corrected chi connectivity index (χ3v) is 3.97. The van der Waals surface area contributed by atoms with Gasteiger partial charge < -0.3 is 37.0 Å². The lowest BCUT2D eigenvalue weighted by molar-refractivity contribution is -0.140. The van der Waals surface area contributed by atoms with Gasteiger partial charge in [-0.05, 0) is 25.8 Å². The van der Waals surface area contributed by atoms with Crippen LogP contribution in [-0.2, 0) is 24.0 Å². The van der Waals surface area contributed by atoms with Crippen LogP contribution in [0.25, 0.3) is 0 Å². The van der Waals surface area contributed by atoms with Crippen LogP contribution in [-0.4, -0.2) is 82.0 Å². The minimum atomic E-state index is -1.22. The molecule has 0 radical (unpaired) electrons. The lowest BCUT2D eigenvalue weighted by Gasteiger charge is -2.16. The number of carboxylic acids is 3. The second-order valence-corrected chi connectivity index (χ2v) is 6.25. The average Bonchev–Trinajstić information content (AvgIpc) is 3.17. The number of carbonyl (C=O) groups excluding carboxylic acids is 2. The topological polar surface area (TPSA) is 208 Å². The number of nitrogens with one attached hydrogen (secondary N) is 3. The van der Waals surface area contributed by atoms with Crippen LogP contribution in [0.5, 0.6) is 0 Å². The van der Waals surface area contributed by atoms with Gasteiger partial charge in [0.1, 0.15) is 24.7 Å². The van der Waals surface area contributed by atoms with Crippen molar-refractivity contribution in [3.05, 3.63) is 0 Å². The highest BCUT2D eigenvalue weighted by molar-refractivity contribution is 7.80. The Hall–Kier alpha value is -2.38. The zero-order valence-corrected chi connectivity index (χ0v) is 16.0. The van der Waals surface area contributed by atoms with Gasteiger partial charge in [-0.25, -0.2) is 0 Å². The summed E-state index contributed by atoms with van der Waals surface area (Å²) in [6.07, 6.45) is 1.55. The fourth-order valence-electron chi connectivity index (χ4n) is 2.05. The van der Waals surface area contributed by atoms with Gasteiger partial charge in [0.05, 0.1) is 0 Å². The number of thiol groups is 1. The molecule has 1 aliphatic rings. The second kappa shape index (κ2) is 13.7. The van der Waals surface area contributed by atoms with E-state index in [0.717, 1.165) is 19.4 Å². The molecule has 0 bridgehead atoms. The molecule has 2 unspecified atom stereocenters. The lowest BCUT2D eigenvalue weighted by atomic mass is 10.1. The van der Waals surface area contributed by atoms with E-state index in [1.54, 1.807) is 0 Å². The van der Waals surface area contributed by atoms with E-state index < -0.39 is 48.4 Å². The molecule has 160 valence electrons. The Balaban J connectivity index is 0.000000749. The second-order valence-electron chi connectivity index (χ2n) is 5.88. The first-order valence-electron chi connectivity index (χ1n) is 8.42. The number of aliphatic carboxylic acids is 3. The maximum Gasteiger partial charge on any atom is 0.322 e. The van der Waals surface area contributed by atoms with Crippen LogP contribution in [0.1, 0.15) is 25.7 Å². The quantitative estimate of drug-likeness (QED) is 0.175. The largest absolute Gasteiger partial charge is 0.480 e. The third-order valence-electron chi connectivity index (χ3n) is 3.61. The van der Waals surface area contributed by atoms with Crippen LogP contribution in [0.4, 0.5) is 0 Å². The van der Waals surface area contributed by atoms with Crippen LogP contribution in [0.3, 0.4) is 0 Å². The Kier molecular flexibility index (Phi) is 12.6. The number of carboxylic acid groups (broad SMARTS) is 3. The zero-order chi connectivity index (χ0) is 21.7. The molecular formula is C15H26N4O8S. The molecule has 1 rings (SSSR count). The highest BCUT2D eigenvalue weighted by Gasteiger charge is 2.21. The number of nitrogens with two attached hydrogens (primary N) is 1. The molecule has 2 amide bonds. The number of carbonyl (C=O) groups is 5. The minimum absolute atomic E-state index is 0.0256. The first kappa shape index (κ1) is 25.6. The fraction of sp³-hybridized carbons (Fsp3) is 0.667. The van der Waals surface area contributed by atoms with Crippen molar-refractivity contribution in [2.75, 3.05) is 18.8 Å². The summed E-state index contributed by atoms with van der Waals surface area (Å²) in [6, 6.07) is -2.42. The Bertz CT molecular complexity index is 568. The Morgan fingerprint density at radius 2 is 1.82 bits per heavy atom. The molecule has 3 atom stereocenters. The van der Waals surface area contributed by atoms with Crippen LogP contribution >= 0.6 is 12.6 Å². The molecule has 1 fully saturated rings. The minimum Gasteiger partial charge on any atom is -0.480 e. The van der Waals surface area contributed by atoms with Gasteiger partial charge in [0.15, 0.2) is 0 Å². The molecular weight excluding hydrogens is 396 g/mol. The number of rotatable bonds is 10. The van der Waals surface area contributed by atoms with Gasteiger partial charge in [0.25, 0.3) is 0 Å². The van der Waals surface area contributed by atoms with E-state index in [9.17, 15) is 24.0 Å². The molecule has 0 saturated carbocycles. The summed E-state index contributed by atoms with van der Waals surface area (Å²) < 4.78 is 0. The van der Waals surface area contributed by atoms with E-state index in [-0.39, 0.29) is 24.6 Å². The molecule has 0 aromatic heterocycles. The van der Waals surface area contributed by atoms with E-state index in [2.05, 4.69) is 28.6 Å². The van der Waals surface area contributed by atoms with Gasteiger partial charge in [-0.15, -0.1) is 0 Å². The summed E-state index contributed by atoms with van der Waals surface area (Å²) >= 11 is 3.87. The Labute approximate surface area is 166 Å². The summed E-state index contributed by atoms with van der Waals surface area (Å²) in [4.78, 5) is 53.9. The molecule has 0 aliphatic carbocycles. The first-order valence-corrected chi connectivity index (χ1v) is 9.06. The molecule has 0 aromatic rings. The summed E-state index contributed by atoms with van der Waals surface area (Å²) in [5.74, 6) is -4.42. The first-order chi connectivity index (χ1) is 13.1. The fourth-order valence-corrected chi connectivity index (χ4v) is 2.31. The Morgan fingerprint density at radius 1 is 1.18 bits per heavy atom. The van der Waals surface area contributed by atoms with Gasteiger partial charge >= 0.3 is 17.9 Å². The molecule has 0 spiro atoms. The van der Waals surface area contributed by atoms with E-state index >= 15 is 0 Å².